The van der Waals surface area contributed by atoms with Gasteiger partial charge in [-0.2, -0.15) is 5.10 Å². The summed E-state index contributed by atoms with van der Waals surface area (Å²) in [5, 5.41) is 14.4. The van der Waals surface area contributed by atoms with Gasteiger partial charge in [-0.15, -0.1) is 0 Å². The lowest BCUT2D eigenvalue weighted by Gasteiger charge is -2.22. The molecule has 0 spiro atoms. The van der Waals surface area contributed by atoms with Crippen molar-refractivity contribution in [1.82, 2.24) is 20.1 Å². The molecule has 12 heteroatoms. The molecule has 1 amide bonds. The smallest absolute Gasteiger partial charge is 0.407 e. The van der Waals surface area contributed by atoms with Crippen molar-refractivity contribution in [2.75, 3.05) is 5.32 Å². The molecule has 182 valence electrons. The van der Waals surface area contributed by atoms with Crippen molar-refractivity contribution in [3.8, 4) is 0 Å². The van der Waals surface area contributed by atoms with Gasteiger partial charge in [0.15, 0.2) is 5.15 Å². The molecule has 4 N–H and O–H groups in total. The van der Waals surface area contributed by atoms with Gasteiger partial charge in [0.05, 0.1) is 12.6 Å². The third-order valence-corrected chi connectivity index (χ3v) is 6.39. The van der Waals surface area contributed by atoms with E-state index in [2.05, 4.69) is 10.3 Å². The Kier molecular flexibility index (Phi) is 4.92. The molecule has 2 heterocycles. The number of hydrogen-bond donors (Lipinski definition) is 3. The summed E-state index contributed by atoms with van der Waals surface area (Å²) in [6.45, 7) is -0.874. The molecule has 2 aromatic rings. The summed E-state index contributed by atoms with van der Waals surface area (Å²) < 4.78 is 82.7. The minimum Gasteiger partial charge on any atom is -0.446 e. The Labute approximate surface area is 209 Å². The van der Waals surface area contributed by atoms with Gasteiger partial charge in [0.25, 0.3) is 0 Å². The number of alkyl carbamates (subject to hydrolysis) is 1. The second kappa shape index (κ2) is 9.47. The van der Waals surface area contributed by atoms with Crippen molar-refractivity contribution >= 4 is 39.4 Å². The van der Waals surface area contributed by atoms with Crippen molar-refractivity contribution in [2.24, 2.45) is 5.14 Å². The number of nitrogens with two attached hydrogens (primary N) is 1. The van der Waals surface area contributed by atoms with Crippen LogP contribution in [0.5, 0.6) is 0 Å². The molecule has 10 nitrogen and oxygen atoms in total. The van der Waals surface area contributed by atoms with Crippen molar-refractivity contribution in [1.29, 1.82) is 0 Å². The number of nitrogens with zero attached hydrogens (tertiary/aromatic N) is 3. The topological polar surface area (TPSA) is 141 Å². The van der Waals surface area contributed by atoms with Gasteiger partial charge < -0.3 is 15.4 Å². The molecular weight excluding hydrogens is 468 g/mol. The Morgan fingerprint density at radius 1 is 1.39 bits per heavy atom. The van der Waals surface area contributed by atoms with Crippen LogP contribution < -0.4 is 15.8 Å². The summed E-state index contributed by atoms with van der Waals surface area (Å²) in [5.74, 6) is 0.626. The van der Waals surface area contributed by atoms with Crippen LogP contribution in [0.15, 0.2) is 23.1 Å². The number of primary sulfonamides is 1. The zero-order valence-electron chi connectivity index (χ0n) is 25.3. The van der Waals surface area contributed by atoms with Gasteiger partial charge in [-0.3, -0.25) is 0 Å². The number of amides is 1. The molecular formula is C21H31ClN6O4S. The van der Waals surface area contributed by atoms with Gasteiger partial charge in [-0.1, -0.05) is 11.6 Å². The number of halogens is 1. The van der Waals surface area contributed by atoms with Crippen LogP contribution in [0, 0.1) is 0 Å². The predicted molar refractivity (Wildman–Crippen MR) is 126 cm³/mol. The normalized spacial score (nSPS) is 23.2. The first-order valence-electron chi connectivity index (χ1n) is 13.6. The minimum absolute atomic E-state index is 0.158. The van der Waals surface area contributed by atoms with Crippen molar-refractivity contribution in [2.45, 2.75) is 82.2 Å². The average Bonchev–Trinajstić information content (AvgIpc) is 3.38. The fourth-order valence-corrected chi connectivity index (χ4v) is 4.65. The summed E-state index contributed by atoms with van der Waals surface area (Å²) >= 11 is 6.01. The standard InChI is InChI=1S/C21H31ClN6O4S/c1-12(2)24-20(29)32-14-7-6-13(10-14)15-11-18(28(27-15)21(3,4)5)25-17-9-8-16(19(22)26-17)33(23,30)31/h8-9,11-14H,6-7,10H2,1-5H3,(H,24,29)(H,25,26)(H2,23,30,31)/t13-,14+/m0/s1/i1D3,2D3,12D. The Bertz CT molecular complexity index is 1360. The lowest BCUT2D eigenvalue weighted by molar-refractivity contribution is 0.0981. The zero-order valence-corrected chi connectivity index (χ0v) is 19.9. The van der Waals surface area contributed by atoms with E-state index in [1.807, 2.05) is 20.8 Å². The monoisotopic (exact) mass is 505 g/mol. The molecule has 0 radical (unpaired) electrons. The Morgan fingerprint density at radius 2 is 2.12 bits per heavy atom. The van der Waals surface area contributed by atoms with E-state index in [0.29, 0.717) is 30.8 Å². The number of rotatable bonds is 6. The maximum absolute atomic E-state index is 12.4. The van der Waals surface area contributed by atoms with E-state index in [9.17, 15) is 13.2 Å². The largest absolute Gasteiger partial charge is 0.446 e. The second-order valence-electron chi connectivity index (χ2n) is 8.73. The first-order chi connectivity index (χ1) is 18.0. The second-order valence-corrected chi connectivity index (χ2v) is 10.6. The molecule has 2 aromatic heterocycles. The summed E-state index contributed by atoms with van der Waals surface area (Å²) in [7, 11) is -4.05. The number of anilines is 2. The summed E-state index contributed by atoms with van der Waals surface area (Å²) in [4.78, 5) is 16.2. The van der Waals surface area contributed by atoms with Crippen molar-refractivity contribution in [3.63, 3.8) is 0 Å². The van der Waals surface area contributed by atoms with Gasteiger partial charge in [0.1, 0.15) is 22.6 Å². The molecule has 1 aliphatic carbocycles. The van der Waals surface area contributed by atoms with Crippen LogP contribution in [0.1, 0.15) is 74.9 Å². The molecule has 1 saturated carbocycles. The van der Waals surface area contributed by atoms with E-state index in [-0.39, 0.29) is 21.8 Å². The molecule has 1 fully saturated rings. The molecule has 0 aromatic carbocycles. The van der Waals surface area contributed by atoms with E-state index in [4.69, 9.17) is 36.2 Å². The lowest BCUT2D eigenvalue weighted by atomic mass is 10.0. The van der Waals surface area contributed by atoms with Gasteiger partial charge in [0, 0.05) is 26.2 Å². The van der Waals surface area contributed by atoms with Gasteiger partial charge >= 0.3 is 6.09 Å². The van der Waals surface area contributed by atoms with E-state index in [1.165, 1.54) is 12.1 Å². The lowest BCUT2D eigenvalue weighted by Crippen LogP contribution is -2.33. The maximum atomic E-state index is 12.4. The highest BCUT2D eigenvalue weighted by Gasteiger charge is 2.32. The number of hydrogen-bond acceptors (Lipinski definition) is 7. The quantitative estimate of drug-likeness (QED) is 0.506. The zero-order chi connectivity index (χ0) is 30.5. The highest BCUT2D eigenvalue weighted by atomic mass is 35.5. The number of carbonyl (C=O) groups excluding carboxylic acids is 1. The Morgan fingerprint density at radius 3 is 2.73 bits per heavy atom. The fraction of sp³-hybridized carbons (Fsp3) is 0.571. The third kappa shape index (κ3) is 6.36. The molecule has 0 unspecified atom stereocenters. The maximum Gasteiger partial charge on any atom is 0.407 e. The number of nitrogens with one attached hydrogen (secondary N) is 2. The van der Waals surface area contributed by atoms with Crippen LogP contribution in [-0.2, 0) is 20.3 Å². The molecule has 33 heavy (non-hydrogen) atoms. The van der Waals surface area contributed by atoms with E-state index < -0.39 is 47.5 Å². The van der Waals surface area contributed by atoms with Crippen LogP contribution >= 0.6 is 11.6 Å². The fourth-order valence-electron chi connectivity index (χ4n) is 3.63. The molecule has 0 bridgehead atoms. The van der Waals surface area contributed by atoms with Crippen molar-refractivity contribution < 1.29 is 27.5 Å². The first kappa shape index (κ1) is 17.1. The van der Waals surface area contributed by atoms with Crippen LogP contribution in [0.3, 0.4) is 0 Å². The number of pyridine rings is 1. The average molecular weight is 506 g/mol. The highest BCUT2D eigenvalue weighted by Crippen LogP contribution is 2.38. The van der Waals surface area contributed by atoms with E-state index in [1.54, 1.807) is 16.1 Å². The van der Waals surface area contributed by atoms with E-state index in [0.717, 1.165) is 0 Å². The highest BCUT2D eigenvalue weighted by molar-refractivity contribution is 7.89. The molecule has 3 rings (SSSR count). The number of carbonyl (C=O) groups is 1. The van der Waals surface area contributed by atoms with Crippen LogP contribution in [0.25, 0.3) is 0 Å². The Balaban J connectivity index is 1.77. The van der Waals surface area contributed by atoms with Crippen molar-refractivity contribution in [3.05, 3.63) is 29.0 Å². The van der Waals surface area contributed by atoms with Crippen LogP contribution in [0.2, 0.25) is 5.15 Å². The third-order valence-electron chi connectivity index (χ3n) is 5.04. The number of ether oxygens (including phenoxy) is 1. The van der Waals surface area contributed by atoms with Gasteiger partial charge in [-0.05, 0) is 65.9 Å². The molecule has 2 atom stereocenters. The number of sulfonamides is 1. The van der Waals surface area contributed by atoms with Gasteiger partial charge in [0.2, 0.25) is 10.0 Å². The predicted octanol–water partition coefficient (Wildman–Crippen LogP) is 3.85. The van der Waals surface area contributed by atoms with Crippen LogP contribution in [-0.4, -0.2) is 41.4 Å². The van der Waals surface area contributed by atoms with Crippen LogP contribution in [0.4, 0.5) is 16.4 Å². The minimum atomic E-state index is -4.05. The number of aromatic nitrogens is 3. The molecule has 0 saturated heterocycles. The molecule has 0 aliphatic heterocycles. The summed E-state index contributed by atoms with van der Waals surface area (Å²) in [6, 6.07) is 1.19. The molecule has 1 aliphatic rings. The first-order valence-corrected chi connectivity index (χ1v) is 12.0. The Hall–Kier alpha value is -2.37. The SMILES string of the molecule is [2H]C([2H])([2H])C([2H])(NC(=O)O[C@@H]1CC[C@H](c2cc(Nc3ccc(S(N)(=O)=O)c(Cl)n3)n(C(C)(C)C)n2)C1)C([2H])([2H])[2H]. The van der Waals surface area contributed by atoms with Gasteiger partial charge in [-0.25, -0.2) is 28.0 Å². The summed E-state index contributed by atoms with van der Waals surface area (Å²) in [5.41, 5.74) is 0.178. The summed E-state index contributed by atoms with van der Waals surface area (Å²) in [6.07, 6.45) is -0.669. The van der Waals surface area contributed by atoms with E-state index >= 15 is 0 Å².